The SMILES string of the molecule is CS(=O)(=O)c1cc(Cl)ccc1-c1ccc(C2CN(C(=O)N3CC[C@H](c4ncn[nH]4)C3)C2)nc1. The van der Waals surface area contributed by atoms with Crippen LogP contribution in [-0.2, 0) is 9.84 Å². The van der Waals surface area contributed by atoms with Crippen LogP contribution in [0, 0.1) is 0 Å². The second-order valence-corrected chi connectivity index (χ2v) is 11.0. The number of nitrogens with zero attached hydrogens (tertiary/aromatic N) is 5. The molecular formula is C22H23ClN6O3S. The molecule has 1 N–H and O–H groups in total. The van der Waals surface area contributed by atoms with Gasteiger partial charge in [-0.1, -0.05) is 23.7 Å². The number of pyridine rings is 1. The van der Waals surface area contributed by atoms with Crippen LogP contribution in [-0.4, -0.2) is 76.8 Å². The molecule has 9 nitrogen and oxygen atoms in total. The zero-order valence-corrected chi connectivity index (χ0v) is 19.6. The second kappa shape index (κ2) is 8.42. The molecule has 0 radical (unpaired) electrons. The summed E-state index contributed by atoms with van der Waals surface area (Å²) >= 11 is 6.00. The van der Waals surface area contributed by atoms with Crippen molar-refractivity contribution in [3.8, 4) is 11.1 Å². The highest BCUT2D eigenvalue weighted by Crippen LogP contribution is 2.33. The minimum absolute atomic E-state index is 0.0452. The molecule has 1 atom stereocenters. The Bertz CT molecular complexity index is 1270. The number of rotatable bonds is 4. The predicted molar refractivity (Wildman–Crippen MR) is 123 cm³/mol. The van der Waals surface area contributed by atoms with E-state index >= 15 is 0 Å². The monoisotopic (exact) mass is 486 g/mol. The number of benzene rings is 1. The van der Waals surface area contributed by atoms with E-state index in [1.807, 2.05) is 21.9 Å². The molecule has 172 valence electrons. The fourth-order valence-corrected chi connectivity index (χ4v) is 5.60. The first-order valence-electron chi connectivity index (χ1n) is 10.6. The minimum atomic E-state index is -3.44. The van der Waals surface area contributed by atoms with Gasteiger partial charge >= 0.3 is 6.03 Å². The normalized spacial score (nSPS) is 19.0. The Morgan fingerprint density at radius 2 is 1.88 bits per heavy atom. The first-order chi connectivity index (χ1) is 15.8. The molecule has 0 aliphatic carbocycles. The van der Waals surface area contributed by atoms with E-state index in [2.05, 4.69) is 20.2 Å². The molecule has 2 saturated heterocycles. The lowest BCUT2D eigenvalue weighted by Crippen LogP contribution is -2.53. The highest BCUT2D eigenvalue weighted by molar-refractivity contribution is 7.90. The molecule has 11 heteroatoms. The van der Waals surface area contributed by atoms with Gasteiger partial charge in [0.15, 0.2) is 9.84 Å². The second-order valence-electron chi connectivity index (χ2n) is 8.57. The number of amides is 2. The number of aromatic nitrogens is 4. The zero-order valence-electron chi connectivity index (χ0n) is 18.0. The summed E-state index contributed by atoms with van der Waals surface area (Å²) in [5.74, 6) is 1.19. The van der Waals surface area contributed by atoms with Crippen molar-refractivity contribution >= 4 is 27.5 Å². The van der Waals surface area contributed by atoms with Crippen LogP contribution in [0.2, 0.25) is 5.02 Å². The first-order valence-corrected chi connectivity index (χ1v) is 12.9. The topological polar surface area (TPSA) is 112 Å². The van der Waals surface area contributed by atoms with Crippen LogP contribution in [0.25, 0.3) is 11.1 Å². The Morgan fingerprint density at radius 1 is 1.09 bits per heavy atom. The van der Waals surface area contributed by atoms with Crippen molar-refractivity contribution in [1.82, 2.24) is 30.0 Å². The first kappa shape index (κ1) is 21.8. The number of carbonyl (C=O) groups is 1. The third kappa shape index (κ3) is 4.32. The van der Waals surface area contributed by atoms with Gasteiger partial charge in [-0.15, -0.1) is 0 Å². The fraction of sp³-hybridized carbons (Fsp3) is 0.364. The van der Waals surface area contributed by atoms with Crippen LogP contribution in [0.1, 0.15) is 29.8 Å². The van der Waals surface area contributed by atoms with E-state index in [0.29, 0.717) is 42.3 Å². The average molecular weight is 487 g/mol. The van der Waals surface area contributed by atoms with Crippen molar-refractivity contribution in [1.29, 1.82) is 0 Å². The van der Waals surface area contributed by atoms with Crippen molar-refractivity contribution in [3.63, 3.8) is 0 Å². The van der Waals surface area contributed by atoms with E-state index < -0.39 is 9.84 Å². The van der Waals surface area contributed by atoms with Gasteiger partial charge < -0.3 is 9.80 Å². The van der Waals surface area contributed by atoms with Gasteiger partial charge in [-0.3, -0.25) is 10.1 Å². The third-order valence-corrected chi connectivity index (χ3v) is 7.66. The number of likely N-dealkylation sites (tertiary alicyclic amines) is 2. The molecule has 1 aromatic carbocycles. The van der Waals surface area contributed by atoms with Gasteiger partial charge in [-0.25, -0.2) is 18.2 Å². The van der Waals surface area contributed by atoms with Gasteiger partial charge in [0, 0.05) is 72.3 Å². The number of halogens is 1. The lowest BCUT2D eigenvalue weighted by Gasteiger charge is -2.41. The molecule has 0 bridgehead atoms. The Morgan fingerprint density at radius 3 is 2.55 bits per heavy atom. The lowest BCUT2D eigenvalue weighted by atomic mass is 9.95. The molecule has 4 heterocycles. The maximum atomic E-state index is 12.8. The molecule has 0 unspecified atom stereocenters. The van der Waals surface area contributed by atoms with Crippen molar-refractivity contribution < 1.29 is 13.2 Å². The predicted octanol–water partition coefficient (Wildman–Crippen LogP) is 2.93. The molecule has 2 amide bonds. The van der Waals surface area contributed by atoms with Gasteiger partial charge in [-0.05, 0) is 24.6 Å². The fourth-order valence-electron chi connectivity index (χ4n) is 4.44. The zero-order chi connectivity index (χ0) is 23.2. The summed E-state index contributed by atoms with van der Waals surface area (Å²) in [5.41, 5.74) is 2.17. The number of carbonyl (C=O) groups excluding carboxylic acids is 1. The summed E-state index contributed by atoms with van der Waals surface area (Å²) in [6, 6.07) is 8.64. The highest BCUT2D eigenvalue weighted by Gasteiger charge is 2.38. The molecule has 5 rings (SSSR count). The van der Waals surface area contributed by atoms with Gasteiger partial charge in [0.05, 0.1) is 4.90 Å². The standard InChI is InChI=1S/C22H23ClN6O3S/c1-33(31,32)20-8-17(23)3-4-18(20)14-2-5-19(24-9-14)16-11-29(12-16)22(30)28-7-6-15(10-28)21-25-13-26-27-21/h2-5,8-9,13,15-16H,6-7,10-12H2,1H3,(H,25,26,27)/t15-/m0/s1. The summed E-state index contributed by atoms with van der Waals surface area (Å²) in [5, 5.41) is 7.16. The maximum absolute atomic E-state index is 12.8. The lowest BCUT2D eigenvalue weighted by molar-refractivity contribution is 0.120. The summed E-state index contributed by atoms with van der Waals surface area (Å²) in [7, 11) is -3.44. The van der Waals surface area contributed by atoms with E-state index in [0.717, 1.165) is 24.2 Å². The molecule has 2 aromatic heterocycles. The van der Waals surface area contributed by atoms with Crippen LogP contribution in [0.3, 0.4) is 0 Å². The van der Waals surface area contributed by atoms with Gasteiger partial charge in [-0.2, -0.15) is 5.10 Å². The summed E-state index contributed by atoms with van der Waals surface area (Å²) < 4.78 is 24.4. The quantitative estimate of drug-likeness (QED) is 0.606. The largest absolute Gasteiger partial charge is 0.324 e. The number of urea groups is 1. The third-order valence-electron chi connectivity index (χ3n) is 6.29. The number of hydrogen-bond acceptors (Lipinski definition) is 6. The van der Waals surface area contributed by atoms with Crippen LogP contribution >= 0.6 is 11.6 Å². The highest BCUT2D eigenvalue weighted by atomic mass is 35.5. The van der Waals surface area contributed by atoms with E-state index in [1.54, 1.807) is 18.3 Å². The molecule has 2 aliphatic heterocycles. The summed E-state index contributed by atoms with van der Waals surface area (Å²) in [6.45, 7) is 2.59. The van der Waals surface area contributed by atoms with Crippen molar-refractivity contribution in [2.45, 2.75) is 23.2 Å². The van der Waals surface area contributed by atoms with E-state index in [9.17, 15) is 13.2 Å². The Hall–Kier alpha value is -2.98. The van der Waals surface area contributed by atoms with Crippen molar-refractivity contribution in [2.75, 3.05) is 32.4 Å². The van der Waals surface area contributed by atoms with Crippen molar-refractivity contribution in [3.05, 3.63) is 59.4 Å². The van der Waals surface area contributed by atoms with Crippen LogP contribution in [0.5, 0.6) is 0 Å². The van der Waals surface area contributed by atoms with Gasteiger partial charge in [0.1, 0.15) is 12.2 Å². The molecule has 0 spiro atoms. The minimum Gasteiger partial charge on any atom is -0.324 e. The molecule has 33 heavy (non-hydrogen) atoms. The Kier molecular flexibility index (Phi) is 5.57. The van der Waals surface area contributed by atoms with E-state index in [-0.39, 0.29) is 22.8 Å². The van der Waals surface area contributed by atoms with E-state index in [1.165, 1.54) is 12.4 Å². The molecule has 2 aliphatic rings. The number of sulfone groups is 1. The molecule has 0 saturated carbocycles. The number of H-pyrrole nitrogens is 1. The summed E-state index contributed by atoms with van der Waals surface area (Å²) in [6.07, 6.45) is 5.21. The Balaban J connectivity index is 1.22. The smallest absolute Gasteiger partial charge is 0.320 e. The van der Waals surface area contributed by atoms with Gasteiger partial charge in [0.2, 0.25) is 0 Å². The molecule has 3 aromatic rings. The van der Waals surface area contributed by atoms with Crippen LogP contribution in [0.15, 0.2) is 47.8 Å². The molecular weight excluding hydrogens is 464 g/mol. The molecule has 2 fully saturated rings. The van der Waals surface area contributed by atoms with Crippen LogP contribution < -0.4 is 0 Å². The number of nitrogens with one attached hydrogen (secondary N) is 1. The van der Waals surface area contributed by atoms with E-state index in [4.69, 9.17) is 11.6 Å². The number of aromatic amines is 1. The Labute approximate surface area is 196 Å². The summed E-state index contributed by atoms with van der Waals surface area (Å²) in [4.78, 5) is 25.5. The van der Waals surface area contributed by atoms with Gasteiger partial charge in [0.25, 0.3) is 0 Å². The van der Waals surface area contributed by atoms with Crippen molar-refractivity contribution in [2.24, 2.45) is 0 Å². The maximum Gasteiger partial charge on any atom is 0.320 e. The average Bonchev–Trinajstić information content (AvgIpc) is 3.44. The number of hydrogen-bond donors (Lipinski definition) is 1. The van der Waals surface area contributed by atoms with Crippen LogP contribution in [0.4, 0.5) is 4.79 Å².